The van der Waals surface area contributed by atoms with E-state index in [-0.39, 0.29) is 6.61 Å². The molecule has 0 fully saturated rings. The van der Waals surface area contributed by atoms with Crippen LogP contribution in [0.2, 0.25) is 0 Å². The Bertz CT molecular complexity index is 452. The molecular weight excluding hydrogens is 363 g/mol. The molecule has 1 aromatic carbocycles. The van der Waals surface area contributed by atoms with Crippen LogP contribution in [0.3, 0.4) is 0 Å². The van der Waals surface area contributed by atoms with Gasteiger partial charge in [0, 0.05) is 23.5 Å². The number of aliphatic hydroxyl groups excluding tert-OH is 1. The second kappa shape index (κ2) is 3.84. The zero-order valence-electron chi connectivity index (χ0n) is 6.55. The summed E-state index contributed by atoms with van der Waals surface area (Å²) < 4.78 is 3.55. The van der Waals surface area contributed by atoms with E-state index in [4.69, 9.17) is 5.11 Å². The van der Waals surface area contributed by atoms with E-state index in [1.165, 1.54) is 13.7 Å². The van der Waals surface area contributed by atoms with Gasteiger partial charge in [0.2, 0.25) is 0 Å². The molecule has 13 heavy (non-hydrogen) atoms. The van der Waals surface area contributed by atoms with Crippen molar-refractivity contribution in [1.82, 2.24) is 0 Å². The summed E-state index contributed by atoms with van der Waals surface area (Å²) in [5, 5.41) is 12.3. The molecule has 0 aliphatic carbocycles. The predicted molar refractivity (Wildman–Crippen MR) is 68.2 cm³/mol. The molecule has 0 unspecified atom stereocenters. The van der Waals surface area contributed by atoms with E-state index < -0.39 is 0 Å². The van der Waals surface area contributed by atoms with Crippen LogP contribution in [0.25, 0.3) is 10.1 Å². The lowest BCUT2D eigenvalue weighted by atomic mass is 10.2. The lowest BCUT2D eigenvalue weighted by Crippen LogP contribution is -1.84. The molecule has 1 N–H and O–H groups in total. The third-order valence-corrected chi connectivity index (χ3v) is 4.53. The molecule has 2 rings (SSSR count). The van der Waals surface area contributed by atoms with Crippen molar-refractivity contribution in [3.05, 3.63) is 31.1 Å². The highest BCUT2D eigenvalue weighted by molar-refractivity contribution is 14.1. The van der Waals surface area contributed by atoms with Gasteiger partial charge in [0.25, 0.3) is 0 Å². The molecule has 0 aliphatic rings. The number of rotatable bonds is 1. The Hall–Kier alpha value is 0.350. The van der Waals surface area contributed by atoms with Gasteiger partial charge in [-0.15, -0.1) is 11.3 Å². The van der Waals surface area contributed by atoms with Crippen LogP contribution in [0.5, 0.6) is 0 Å². The molecule has 0 atom stereocenters. The highest BCUT2D eigenvalue weighted by atomic mass is 127. The van der Waals surface area contributed by atoms with Crippen molar-refractivity contribution in [3.8, 4) is 0 Å². The zero-order chi connectivity index (χ0) is 9.42. The minimum Gasteiger partial charge on any atom is -0.392 e. The summed E-state index contributed by atoms with van der Waals surface area (Å²) in [6.07, 6.45) is 0. The van der Waals surface area contributed by atoms with Crippen LogP contribution in [-0.2, 0) is 6.61 Å². The summed E-state index contributed by atoms with van der Waals surface area (Å²) in [4.78, 5) is 0. The lowest BCUT2D eigenvalue weighted by Gasteiger charge is -1.99. The van der Waals surface area contributed by atoms with Crippen LogP contribution < -0.4 is 0 Å². The molecule has 0 bridgehead atoms. The standard InChI is InChI=1S/C9H6BrIOS/c10-6-4-13-8-2-5(3-12)1-7(11)9(6)8/h1-2,4,12H,3H2. The smallest absolute Gasteiger partial charge is 0.0682 e. The van der Waals surface area contributed by atoms with Crippen molar-refractivity contribution >= 4 is 59.9 Å². The maximum atomic E-state index is 9.02. The fourth-order valence-corrected chi connectivity index (χ4v) is 4.50. The number of aliphatic hydroxyl groups is 1. The maximum absolute atomic E-state index is 9.02. The Morgan fingerprint density at radius 2 is 2.23 bits per heavy atom. The predicted octanol–water partition coefficient (Wildman–Crippen LogP) is 3.76. The molecule has 1 nitrogen and oxygen atoms in total. The van der Waals surface area contributed by atoms with Gasteiger partial charge in [-0.3, -0.25) is 0 Å². The quantitative estimate of drug-likeness (QED) is 0.760. The molecular formula is C9H6BrIOS. The van der Waals surface area contributed by atoms with Crippen LogP contribution in [0.1, 0.15) is 5.56 Å². The first-order valence-electron chi connectivity index (χ1n) is 3.68. The molecule has 0 amide bonds. The second-order valence-corrected chi connectivity index (χ2v) is 5.62. The molecule has 0 radical (unpaired) electrons. The Morgan fingerprint density at radius 3 is 2.92 bits per heavy atom. The second-order valence-electron chi connectivity index (χ2n) is 2.69. The first-order valence-corrected chi connectivity index (χ1v) is 6.43. The molecule has 4 heteroatoms. The number of fused-ring (bicyclic) bond motifs is 1. The largest absolute Gasteiger partial charge is 0.392 e. The van der Waals surface area contributed by atoms with Crippen molar-refractivity contribution in [3.63, 3.8) is 0 Å². The number of benzene rings is 1. The van der Waals surface area contributed by atoms with Crippen LogP contribution in [0, 0.1) is 3.57 Å². The van der Waals surface area contributed by atoms with Crippen LogP contribution >= 0.6 is 49.9 Å². The van der Waals surface area contributed by atoms with Crippen molar-refractivity contribution in [2.24, 2.45) is 0 Å². The Kier molecular flexibility index (Phi) is 2.92. The average molecular weight is 369 g/mol. The summed E-state index contributed by atoms with van der Waals surface area (Å²) in [6, 6.07) is 4.05. The van der Waals surface area contributed by atoms with E-state index >= 15 is 0 Å². The van der Waals surface area contributed by atoms with Gasteiger partial charge in [-0.2, -0.15) is 0 Å². The third kappa shape index (κ3) is 1.77. The van der Waals surface area contributed by atoms with Crippen molar-refractivity contribution in [2.75, 3.05) is 0 Å². The highest BCUT2D eigenvalue weighted by Crippen LogP contribution is 2.34. The summed E-state index contributed by atoms with van der Waals surface area (Å²) in [5.41, 5.74) is 0.978. The number of hydrogen-bond acceptors (Lipinski definition) is 2. The summed E-state index contributed by atoms with van der Waals surface area (Å²) in [5.74, 6) is 0. The Morgan fingerprint density at radius 1 is 1.46 bits per heavy atom. The van der Waals surface area contributed by atoms with Gasteiger partial charge in [0.1, 0.15) is 0 Å². The minimum atomic E-state index is 0.113. The minimum absolute atomic E-state index is 0.113. The van der Waals surface area contributed by atoms with E-state index in [1.54, 1.807) is 11.3 Å². The SMILES string of the molecule is OCc1cc(I)c2c(Br)csc2c1. The topological polar surface area (TPSA) is 20.2 Å². The van der Waals surface area contributed by atoms with Crippen molar-refractivity contribution in [1.29, 1.82) is 0 Å². The van der Waals surface area contributed by atoms with Gasteiger partial charge < -0.3 is 5.11 Å². The van der Waals surface area contributed by atoms with Gasteiger partial charge in [-0.25, -0.2) is 0 Å². The Balaban J connectivity index is 2.79. The van der Waals surface area contributed by atoms with E-state index in [1.807, 2.05) is 12.1 Å². The maximum Gasteiger partial charge on any atom is 0.0682 e. The summed E-state index contributed by atoms with van der Waals surface area (Å²) in [6.45, 7) is 0.113. The fraction of sp³-hybridized carbons (Fsp3) is 0.111. The summed E-state index contributed by atoms with van der Waals surface area (Å²) >= 11 is 7.50. The highest BCUT2D eigenvalue weighted by Gasteiger charge is 2.06. The van der Waals surface area contributed by atoms with E-state index in [9.17, 15) is 0 Å². The molecule has 68 valence electrons. The first kappa shape index (κ1) is 9.89. The third-order valence-electron chi connectivity index (χ3n) is 1.82. The van der Waals surface area contributed by atoms with E-state index in [2.05, 4.69) is 43.9 Å². The van der Waals surface area contributed by atoms with Gasteiger partial charge in [0.05, 0.1) is 6.61 Å². The van der Waals surface area contributed by atoms with Gasteiger partial charge >= 0.3 is 0 Å². The fourth-order valence-electron chi connectivity index (χ4n) is 1.23. The monoisotopic (exact) mass is 368 g/mol. The molecule has 0 aliphatic heterocycles. The number of halogens is 2. The molecule has 0 saturated heterocycles. The van der Waals surface area contributed by atoms with Gasteiger partial charge in [-0.05, 0) is 56.2 Å². The van der Waals surface area contributed by atoms with E-state index in [0.717, 1.165) is 10.0 Å². The zero-order valence-corrected chi connectivity index (χ0v) is 11.1. The van der Waals surface area contributed by atoms with Crippen LogP contribution in [0.15, 0.2) is 22.0 Å². The molecule has 0 saturated carbocycles. The van der Waals surface area contributed by atoms with Crippen LogP contribution in [0.4, 0.5) is 0 Å². The molecule has 1 aromatic heterocycles. The van der Waals surface area contributed by atoms with Gasteiger partial charge in [0.15, 0.2) is 0 Å². The number of hydrogen-bond donors (Lipinski definition) is 1. The number of thiophene rings is 1. The van der Waals surface area contributed by atoms with Gasteiger partial charge in [-0.1, -0.05) is 0 Å². The van der Waals surface area contributed by atoms with E-state index in [0.29, 0.717) is 0 Å². The Labute approximate surface area is 102 Å². The molecule has 0 spiro atoms. The van der Waals surface area contributed by atoms with Crippen molar-refractivity contribution in [2.45, 2.75) is 6.61 Å². The molecule has 2 aromatic rings. The lowest BCUT2D eigenvalue weighted by molar-refractivity contribution is 0.282. The average Bonchev–Trinajstić information content (AvgIpc) is 2.48. The van der Waals surface area contributed by atoms with Crippen LogP contribution in [-0.4, -0.2) is 5.11 Å². The van der Waals surface area contributed by atoms with Crippen molar-refractivity contribution < 1.29 is 5.11 Å². The normalized spacial score (nSPS) is 11.0. The molecule has 1 heterocycles. The first-order chi connectivity index (χ1) is 6.22. The summed E-state index contributed by atoms with van der Waals surface area (Å²) in [7, 11) is 0.